The molecule has 0 aliphatic carbocycles. The molecular weight excluding hydrogens is 308 g/mol. The average Bonchev–Trinajstić information content (AvgIpc) is 2.94. The number of nitrogens with one attached hydrogen (secondary N) is 1. The van der Waals surface area contributed by atoms with Gasteiger partial charge in [0, 0.05) is 5.56 Å². The second-order valence-electron chi connectivity index (χ2n) is 5.00. The van der Waals surface area contributed by atoms with Gasteiger partial charge in [-0.3, -0.25) is 0 Å². The van der Waals surface area contributed by atoms with Crippen molar-refractivity contribution < 1.29 is 4.74 Å². The molecule has 3 rings (SSSR count). The van der Waals surface area contributed by atoms with Gasteiger partial charge in [-0.25, -0.2) is 5.10 Å². The number of nitrogens with zero attached hydrogens (tertiary/aromatic N) is 3. The quantitative estimate of drug-likeness (QED) is 0.586. The maximum Gasteiger partial charge on any atom is 0.216 e. The second-order valence-corrected chi connectivity index (χ2v) is 5.39. The van der Waals surface area contributed by atoms with E-state index in [1.54, 1.807) is 18.0 Å². The fourth-order valence-electron chi connectivity index (χ4n) is 2.24. The molecule has 0 bridgehead atoms. The Bertz CT molecular complexity index is 911. The first-order chi connectivity index (χ1) is 11.2. The first kappa shape index (κ1) is 15.2. The lowest BCUT2D eigenvalue weighted by molar-refractivity contribution is 0.415. The highest BCUT2D eigenvalue weighted by Crippen LogP contribution is 2.21. The van der Waals surface area contributed by atoms with Crippen molar-refractivity contribution in [2.24, 2.45) is 5.10 Å². The molecule has 2 aromatic carbocycles. The molecule has 116 valence electrons. The number of aromatic nitrogens is 3. The van der Waals surface area contributed by atoms with E-state index < -0.39 is 0 Å². The standard InChI is InChI=1S/C17H16N4OS/c1-12-6-3-4-9-15(12)16-19-20-17(23)21(16)18-11-13-7-5-8-14(10-13)22-2/h3-11H,1-2H3,(H,20,23)/b18-11-. The number of methoxy groups -OCH3 is 1. The summed E-state index contributed by atoms with van der Waals surface area (Å²) in [5.41, 5.74) is 3.02. The van der Waals surface area contributed by atoms with Crippen molar-refractivity contribution in [2.75, 3.05) is 7.11 Å². The molecule has 0 saturated carbocycles. The fraction of sp³-hybridized carbons (Fsp3) is 0.118. The Labute approximate surface area is 139 Å². The van der Waals surface area contributed by atoms with Crippen LogP contribution in [-0.2, 0) is 0 Å². The summed E-state index contributed by atoms with van der Waals surface area (Å²) in [4.78, 5) is 0. The summed E-state index contributed by atoms with van der Waals surface area (Å²) < 4.78 is 7.29. The van der Waals surface area contributed by atoms with Crippen molar-refractivity contribution in [1.82, 2.24) is 14.9 Å². The molecule has 3 aromatic rings. The SMILES string of the molecule is COc1cccc(/C=N\n2c(-c3ccccc3C)n[nH]c2=S)c1. The minimum Gasteiger partial charge on any atom is -0.497 e. The van der Waals surface area contributed by atoms with Crippen molar-refractivity contribution in [3.05, 3.63) is 64.4 Å². The highest BCUT2D eigenvalue weighted by molar-refractivity contribution is 7.71. The molecule has 6 heteroatoms. The van der Waals surface area contributed by atoms with Crippen LogP contribution >= 0.6 is 12.2 Å². The van der Waals surface area contributed by atoms with Crippen molar-refractivity contribution in [3.63, 3.8) is 0 Å². The zero-order valence-electron chi connectivity index (χ0n) is 12.9. The lowest BCUT2D eigenvalue weighted by Gasteiger charge is -2.04. The number of benzene rings is 2. The van der Waals surface area contributed by atoms with Crippen LogP contribution in [0.15, 0.2) is 53.6 Å². The van der Waals surface area contributed by atoms with E-state index in [9.17, 15) is 0 Å². The zero-order chi connectivity index (χ0) is 16.2. The first-order valence-electron chi connectivity index (χ1n) is 7.11. The molecule has 0 aliphatic rings. The molecule has 0 saturated heterocycles. The molecule has 0 amide bonds. The monoisotopic (exact) mass is 324 g/mol. The van der Waals surface area contributed by atoms with Crippen LogP contribution in [0.25, 0.3) is 11.4 Å². The predicted molar refractivity (Wildman–Crippen MR) is 93.6 cm³/mol. The lowest BCUT2D eigenvalue weighted by Crippen LogP contribution is -1.96. The van der Waals surface area contributed by atoms with Gasteiger partial charge >= 0.3 is 0 Å². The maximum absolute atomic E-state index is 5.29. The van der Waals surface area contributed by atoms with Crippen molar-refractivity contribution in [2.45, 2.75) is 6.92 Å². The van der Waals surface area contributed by atoms with Gasteiger partial charge in [-0.15, -0.1) is 0 Å². The number of ether oxygens (including phenoxy) is 1. The molecular formula is C17H16N4OS. The van der Waals surface area contributed by atoms with Crippen LogP contribution in [0.4, 0.5) is 0 Å². The largest absolute Gasteiger partial charge is 0.497 e. The van der Waals surface area contributed by atoms with E-state index in [4.69, 9.17) is 17.0 Å². The van der Waals surface area contributed by atoms with Crippen LogP contribution in [0.1, 0.15) is 11.1 Å². The molecule has 1 N–H and O–H groups in total. The zero-order valence-corrected chi connectivity index (χ0v) is 13.7. The Balaban J connectivity index is 2.01. The van der Waals surface area contributed by atoms with Gasteiger partial charge in [0.05, 0.1) is 13.3 Å². The summed E-state index contributed by atoms with van der Waals surface area (Å²) >= 11 is 5.29. The van der Waals surface area contributed by atoms with E-state index in [1.807, 2.05) is 55.5 Å². The van der Waals surface area contributed by atoms with E-state index in [0.717, 1.165) is 22.4 Å². The number of aromatic amines is 1. The van der Waals surface area contributed by atoms with Gasteiger partial charge in [-0.05, 0) is 42.4 Å². The van der Waals surface area contributed by atoms with Crippen LogP contribution in [0.2, 0.25) is 0 Å². The average molecular weight is 324 g/mol. The Morgan fingerprint density at radius 1 is 1.22 bits per heavy atom. The van der Waals surface area contributed by atoms with Gasteiger partial charge in [0.25, 0.3) is 0 Å². The van der Waals surface area contributed by atoms with Gasteiger partial charge < -0.3 is 4.74 Å². The third-order valence-electron chi connectivity index (χ3n) is 3.45. The number of hydrogen-bond donors (Lipinski definition) is 1. The van der Waals surface area contributed by atoms with E-state index in [2.05, 4.69) is 15.3 Å². The third-order valence-corrected chi connectivity index (χ3v) is 3.72. The van der Waals surface area contributed by atoms with Gasteiger partial charge in [-0.2, -0.15) is 14.9 Å². The number of hydrogen-bond acceptors (Lipinski definition) is 4. The predicted octanol–water partition coefficient (Wildman–Crippen LogP) is 3.81. The fourth-order valence-corrected chi connectivity index (χ4v) is 2.42. The molecule has 1 aromatic heterocycles. The topological polar surface area (TPSA) is 55.2 Å². The maximum atomic E-state index is 5.29. The molecule has 0 spiro atoms. The molecule has 0 fully saturated rings. The van der Waals surface area contributed by atoms with E-state index >= 15 is 0 Å². The summed E-state index contributed by atoms with van der Waals surface area (Å²) in [5.74, 6) is 1.47. The summed E-state index contributed by atoms with van der Waals surface area (Å²) in [6, 6.07) is 15.6. The summed E-state index contributed by atoms with van der Waals surface area (Å²) in [5, 5.41) is 11.6. The van der Waals surface area contributed by atoms with Crippen LogP contribution in [0.5, 0.6) is 5.75 Å². The molecule has 0 radical (unpaired) electrons. The highest BCUT2D eigenvalue weighted by Gasteiger charge is 2.09. The van der Waals surface area contributed by atoms with Crippen molar-refractivity contribution in [1.29, 1.82) is 0 Å². The molecule has 23 heavy (non-hydrogen) atoms. The lowest BCUT2D eigenvalue weighted by atomic mass is 10.1. The Kier molecular flexibility index (Phi) is 4.34. The minimum atomic E-state index is 0.447. The van der Waals surface area contributed by atoms with Gasteiger partial charge in [0.2, 0.25) is 4.77 Å². The Morgan fingerprint density at radius 3 is 2.83 bits per heavy atom. The molecule has 1 heterocycles. The van der Waals surface area contributed by atoms with Gasteiger partial charge in [0.1, 0.15) is 5.75 Å². The van der Waals surface area contributed by atoms with E-state index in [-0.39, 0.29) is 0 Å². The van der Waals surface area contributed by atoms with Crippen molar-refractivity contribution >= 4 is 18.4 Å². The normalized spacial score (nSPS) is 11.0. The third kappa shape index (κ3) is 3.22. The first-order valence-corrected chi connectivity index (χ1v) is 7.51. The molecule has 5 nitrogen and oxygen atoms in total. The van der Waals surface area contributed by atoms with Gasteiger partial charge in [0.15, 0.2) is 5.82 Å². The Morgan fingerprint density at radius 2 is 2.04 bits per heavy atom. The smallest absolute Gasteiger partial charge is 0.216 e. The second kappa shape index (κ2) is 6.58. The number of H-pyrrole nitrogens is 1. The minimum absolute atomic E-state index is 0.447. The molecule has 0 aliphatic heterocycles. The van der Waals surface area contributed by atoms with Crippen molar-refractivity contribution in [3.8, 4) is 17.1 Å². The summed E-state index contributed by atoms with van der Waals surface area (Å²) in [6.07, 6.45) is 1.73. The number of rotatable bonds is 4. The van der Waals surface area contributed by atoms with Crippen LogP contribution in [-0.4, -0.2) is 28.2 Å². The summed E-state index contributed by atoms with van der Waals surface area (Å²) in [7, 11) is 1.64. The molecule has 0 unspecified atom stereocenters. The highest BCUT2D eigenvalue weighted by atomic mass is 32.1. The van der Waals surface area contributed by atoms with Crippen LogP contribution in [0.3, 0.4) is 0 Å². The summed E-state index contributed by atoms with van der Waals surface area (Å²) in [6.45, 7) is 2.03. The van der Waals surface area contributed by atoms with E-state index in [1.165, 1.54) is 0 Å². The van der Waals surface area contributed by atoms with Crippen LogP contribution in [0, 0.1) is 11.7 Å². The van der Waals surface area contributed by atoms with Gasteiger partial charge in [-0.1, -0.05) is 36.4 Å². The van der Waals surface area contributed by atoms with E-state index in [0.29, 0.717) is 10.6 Å². The Hall–Kier alpha value is -2.73. The molecule has 0 atom stereocenters. The number of aryl methyl sites for hydroxylation is 1. The van der Waals surface area contributed by atoms with Crippen LogP contribution < -0.4 is 4.74 Å².